The first kappa shape index (κ1) is 14.0. The van der Waals surface area contributed by atoms with Gasteiger partial charge in [0.1, 0.15) is 12.2 Å². The SMILES string of the molecule is C=C(C#N)[C@@H](O)[C@@H](O)c1ccccc1-c1cnn(C)c1. The zero-order valence-electron chi connectivity index (χ0n) is 11.1. The van der Waals surface area contributed by atoms with Gasteiger partial charge in [0.05, 0.1) is 17.8 Å². The fourth-order valence-electron chi connectivity index (χ4n) is 2.00. The first-order valence-electron chi connectivity index (χ1n) is 6.07. The number of aliphatic hydroxyl groups is 2. The van der Waals surface area contributed by atoms with Crippen LogP contribution in [0, 0.1) is 11.3 Å². The Kier molecular flexibility index (Phi) is 3.99. The second kappa shape index (κ2) is 5.70. The van der Waals surface area contributed by atoms with Gasteiger partial charge < -0.3 is 10.2 Å². The highest BCUT2D eigenvalue weighted by molar-refractivity contribution is 5.66. The number of nitriles is 1. The summed E-state index contributed by atoms with van der Waals surface area (Å²) in [5.41, 5.74) is 2.05. The summed E-state index contributed by atoms with van der Waals surface area (Å²) < 4.78 is 1.66. The molecule has 20 heavy (non-hydrogen) atoms. The van der Waals surface area contributed by atoms with Crippen LogP contribution in [0.25, 0.3) is 11.1 Å². The van der Waals surface area contributed by atoms with Crippen molar-refractivity contribution in [3.63, 3.8) is 0 Å². The maximum atomic E-state index is 10.3. The van der Waals surface area contributed by atoms with Gasteiger partial charge in [-0.3, -0.25) is 4.68 Å². The summed E-state index contributed by atoms with van der Waals surface area (Å²) in [4.78, 5) is 0. The van der Waals surface area contributed by atoms with Crippen LogP contribution in [0.15, 0.2) is 48.8 Å². The Bertz CT molecular complexity index is 670. The average Bonchev–Trinajstić information content (AvgIpc) is 2.91. The lowest BCUT2D eigenvalue weighted by molar-refractivity contribution is 0.0444. The molecule has 0 bridgehead atoms. The highest BCUT2D eigenvalue weighted by Crippen LogP contribution is 2.30. The molecule has 2 N–H and O–H groups in total. The van der Waals surface area contributed by atoms with Crippen molar-refractivity contribution in [3.8, 4) is 17.2 Å². The van der Waals surface area contributed by atoms with E-state index in [4.69, 9.17) is 5.26 Å². The number of hydrogen-bond acceptors (Lipinski definition) is 4. The van der Waals surface area contributed by atoms with E-state index < -0.39 is 12.2 Å². The fraction of sp³-hybridized carbons (Fsp3) is 0.200. The molecule has 5 nitrogen and oxygen atoms in total. The Labute approximate surface area is 117 Å². The molecule has 1 heterocycles. The molecule has 0 saturated heterocycles. The minimum atomic E-state index is -1.32. The van der Waals surface area contributed by atoms with Crippen LogP contribution in [-0.2, 0) is 7.05 Å². The summed E-state index contributed by atoms with van der Waals surface area (Å²) in [6.45, 7) is 3.44. The van der Waals surface area contributed by atoms with Crippen LogP contribution in [0.4, 0.5) is 0 Å². The number of aryl methyl sites for hydroxylation is 1. The molecule has 2 aromatic rings. The molecule has 2 rings (SSSR count). The van der Waals surface area contributed by atoms with Crippen molar-refractivity contribution in [2.24, 2.45) is 7.05 Å². The molecule has 0 aliphatic heterocycles. The number of aliphatic hydroxyl groups excluding tert-OH is 2. The van der Waals surface area contributed by atoms with Gasteiger partial charge in [0.15, 0.2) is 0 Å². The molecule has 0 fully saturated rings. The van der Waals surface area contributed by atoms with Crippen LogP contribution in [0.3, 0.4) is 0 Å². The Morgan fingerprint density at radius 1 is 1.40 bits per heavy atom. The van der Waals surface area contributed by atoms with Gasteiger partial charge in [0.25, 0.3) is 0 Å². The van der Waals surface area contributed by atoms with Crippen LogP contribution in [-0.4, -0.2) is 26.1 Å². The summed E-state index contributed by atoms with van der Waals surface area (Å²) in [7, 11) is 1.80. The molecular formula is C15H15N3O2. The van der Waals surface area contributed by atoms with Gasteiger partial charge in [-0.25, -0.2) is 0 Å². The second-order valence-corrected chi connectivity index (χ2v) is 4.52. The third-order valence-electron chi connectivity index (χ3n) is 3.10. The van der Waals surface area contributed by atoms with Gasteiger partial charge >= 0.3 is 0 Å². The van der Waals surface area contributed by atoms with E-state index in [9.17, 15) is 10.2 Å². The largest absolute Gasteiger partial charge is 0.385 e. The van der Waals surface area contributed by atoms with Gasteiger partial charge in [0.2, 0.25) is 0 Å². The fourth-order valence-corrected chi connectivity index (χ4v) is 2.00. The van der Waals surface area contributed by atoms with E-state index in [0.717, 1.165) is 11.1 Å². The Hall–Kier alpha value is -2.42. The van der Waals surface area contributed by atoms with E-state index in [-0.39, 0.29) is 5.57 Å². The van der Waals surface area contributed by atoms with Crippen LogP contribution < -0.4 is 0 Å². The quantitative estimate of drug-likeness (QED) is 0.825. The predicted octanol–water partition coefficient (Wildman–Crippen LogP) is 1.56. The molecule has 0 aliphatic carbocycles. The zero-order valence-corrected chi connectivity index (χ0v) is 11.1. The summed E-state index contributed by atoms with van der Waals surface area (Å²) >= 11 is 0. The lowest BCUT2D eigenvalue weighted by Crippen LogP contribution is -2.20. The average molecular weight is 269 g/mol. The highest BCUT2D eigenvalue weighted by atomic mass is 16.3. The third kappa shape index (κ3) is 2.62. The Balaban J connectivity index is 2.43. The molecule has 0 aliphatic rings. The maximum Gasteiger partial charge on any atom is 0.118 e. The van der Waals surface area contributed by atoms with Crippen molar-refractivity contribution in [2.45, 2.75) is 12.2 Å². The molecule has 0 radical (unpaired) electrons. The number of rotatable bonds is 4. The molecule has 0 unspecified atom stereocenters. The predicted molar refractivity (Wildman–Crippen MR) is 74.4 cm³/mol. The molecule has 2 atom stereocenters. The second-order valence-electron chi connectivity index (χ2n) is 4.52. The van der Waals surface area contributed by atoms with Crippen LogP contribution in [0.5, 0.6) is 0 Å². The number of hydrogen-bond donors (Lipinski definition) is 2. The van der Waals surface area contributed by atoms with Crippen molar-refractivity contribution in [1.82, 2.24) is 9.78 Å². The molecule has 1 aromatic heterocycles. The van der Waals surface area contributed by atoms with E-state index in [0.29, 0.717) is 5.56 Å². The highest BCUT2D eigenvalue weighted by Gasteiger charge is 2.24. The lowest BCUT2D eigenvalue weighted by Gasteiger charge is -2.19. The van der Waals surface area contributed by atoms with E-state index >= 15 is 0 Å². The van der Waals surface area contributed by atoms with Crippen LogP contribution in [0.2, 0.25) is 0 Å². The smallest absolute Gasteiger partial charge is 0.118 e. The Morgan fingerprint density at radius 2 is 2.10 bits per heavy atom. The van der Waals surface area contributed by atoms with Crippen molar-refractivity contribution < 1.29 is 10.2 Å². The maximum absolute atomic E-state index is 10.3. The van der Waals surface area contributed by atoms with Gasteiger partial charge in [-0.05, 0) is 11.1 Å². The van der Waals surface area contributed by atoms with Crippen molar-refractivity contribution in [2.75, 3.05) is 0 Å². The minimum Gasteiger partial charge on any atom is -0.385 e. The Morgan fingerprint density at radius 3 is 2.70 bits per heavy atom. The minimum absolute atomic E-state index is 0.0708. The molecule has 1 aromatic carbocycles. The van der Waals surface area contributed by atoms with E-state index in [2.05, 4.69) is 11.7 Å². The third-order valence-corrected chi connectivity index (χ3v) is 3.10. The molecule has 5 heteroatoms. The molecule has 0 saturated carbocycles. The van der Waals surface area contributed by atoms with Crippen LogP contribution >= 0.6 is 0 Å². The molecule has 0 amide bonds. The summed E-state index contributed by atoms with van der Waals surface area (Å²) in [6, 6.07) is 8.90. The molecular weight excluding hydrogens is 254 g/mol. The number of benzene rings is 1. The van der Waals surface area contributed by atoms with Crippen molar-refractivity contribution >= 4 is 0 Å². The van der Waals surface area contributed by atoms with Crippen molar-refractivity contribution in [1.29, 1.82) is 5.26 Å². The normalized spacial score (nSPS) is 13.5. The first-order valence-corrected chi connectivity index (χ1v) is 6.07. The summed E-state index contributed by atoms with van der Waals surface area (Å²) in [5, 5.41) is 33.0. The van der Waals surface area contributed by atoms with Crippen molar-refractivity contribution in [3.05, 3.63) is 54.4 Å². The summed E-state index contributed by atoms with van der Waals surface area (Å²) in [5.74, 6) is 0. The van der Waals surface area contributed by atoms with Gasteiger partial charge in [-0.1, -0.05) is 30.8 Å². The monoisotopic (exact) mass is 269 g/mol. The number of nitrogens with zero attached hydrogens (tertiary/aromatic N) is 3. The van der Waals surface area contributed by atoms with E-state index in [1.165, 1.54) is 0 Å². The number of aromatic nitrogens is 2. The van der Waals surface area contributed by atoms with Crippen LogP contribution in [0.1, 0.15) is 11.7 Å². The molecule has 0 spiro atoms. The zero-order chi connectivity index (χ0) is 14.7. The molecule has 102 valence electrons. The van der Waals surface area contributed by atoms with E-state index in [1.54, 1.807) is 36.1 Å². The summed E-state index contributed by atoms with van der Waals surface area (Å²) in [6.07, 6.45) is 0.963. The lowest BCUT2D eigenvalue weighted by atomic mass is 9.93. The standard InChI is InChI=1S/C15H15N3O2/c1-10(7-16)14(19)15(20)13-6-4-3-5-12(13)11-8-17-18(2)9-11/h3-6,8-9,14-15,19-20H,1H2,2H3/t14-,15+/m1/s1. The first-order chi connectivity index (χ1) is 9.54. The van der Waals surface area contributed by atoms with Gasteiger partial charge in [0, 0.05) is 18.8 Å². The van der Waals surface area contributed by atoms with E-state index in [1.807, 2.05) is 18.3 Å². The van der Waals surface area contributed by atoms with Gasteiger partial charge in [-0.2, -0.15) is 10.4 Å². The topological polar surface area (TPSA) is 82.1 Å². The van der Waals surface area contributed by atoms with Gasteiger partial charge in [-0.15, -0.1) is 0 Å².